The van der Waals surface area contributed by atoms with Gasteiger partial charge in [-0.3, -0.25) is 9.69 Å². The predicted octanol–water partition coefficient (Wildman–Crippen LogP) is 2.49. The third-order valence-electron chi connectivity index (χ3n) is 5.42. The SMILES string of the molecule is Cl.NCCC(=O)NCC1CCCCN1Cc1ccc(OCC2CCCO2)cc1. The lowest BCUT2D eigenvalue weighted by Gasteiger charge is -2.36. The van der Waals surface area contributed by atoms with Gasteiger partial charge < -0.3 is 20.5 Å². The molecule has 3 N–H and O–H groups in total. The van der Waals surface area contributed by atoms with Gasteiger partial charge in [-0.25, -0.2) is 0 Å². The van der Waals surface area contributed by atoms with E-state index in [4.69, 9.17) is 15.2 Å². The number of nitrogens with two attached hydrogens (primary N) is 1. The molecule has 2 aliphatic heterocycles. The van der Waals surface area contributed by atoms with Gasteiger partial charge in [-0.2, -0.15) is 0 Å². The van der Waals surface area contributed by atoms with E-state index in [0.29, 0.717) is 32.2 Å². The number of piperidine rings is 1. The maximum absolute atomic E-state index is 11.7. The number of hydrogen-bond acceptors (Lipinski definition) is 5. The van der Waals surface area contributed by atoms with E-state index in [-0.39, 0.29) is 24.4 Å². The summed E-state index contributed by atoms with van der Waals surface area (Å²) in [7, 11) is 0. The van der Waals surface area contributed by atoms with Crippen LogP contribution >= 0.6 is 12.4 Å². The van der Waals surface area contributed by atoms with Crippen LogP contribution in [0.4, 0.5) is 0 Å². The van der Waals surface area contributed by atoms with E-state index in [9.17, 15) is 4.79 Å². The van der Waals surface area contributed by atoms with Crippen molar-refractivity contribution in [2.75, 3.05) is 32.8 Å². The number of hydrogen-bond donors (Lipinski definition) is 2. The first-order chi connectivity index (χ1) is 13.2. The molecule has 0 saturated carbocycles. The average molecular weight is 412 g/mol. The van der Waals surface area contributed by atoms with Crippen LogP contribution in [-0.2, 0) is 16.1 Å². The number of amides is 1. The van der Waals surface area contributed by atoms with Gasteiger partial charge in [0, 0.05) is 38.7 Å². The van der Waals surface area contributed by atoms with E-state index in [0.717, 1.165) is 44.7 Å². The van der Waals surface area contributed by atoms with E-state index in [2.05, 4.69) is 22.3 Å². The lowest BCUT2D eigenvalue weighted by molar-refractivity contribution is -0.121. The molecule has 1 amide bonds. The molecule has 2 fully saturated rings. The van der Waals surface area contributed by atoms with Crippen LogP contribution in [0.15, 0.2) is 24.3 Å². The minimum atomic E-state index is 0. The second-order valence-electron chi connectivity index (χ2n) is 7.55. The highest BCUT2D eigenvalue weighted by Gasteiger charge is 2.23. The average Bonchev–Trinajstić information content (AvgIpc) is 3.21. The Morgan fingerprint density at radius 2 is 2.04 bits per heavy atom. The summed E-state index contributed by atoms with van der Waals surface area (Å²) in [6, 6.07) is 8.78. The smallest absolute Gasteiger partial charge is 0.221 e. The Labute approximate surface area is 174 Å². The molecule has 1 aromatic rings. The van der Waals surface area contributed by atoms with Crippen molar-refractivity contribution >= 4 is 18.3 Å². The first-order valence-corrected chi connectivity index (χ1v) is 10.3. The summed E-state index contributed by atoms with van der Waals surface area (Å²) in [5.74, 6) is 0.953. The summed E-state index contributed by atoms with van der Waals surface area (Å²) < 4.78 is 11.4. The Hall–Kier alpha value is -1.34. The Balaban J connectivity index is 0.00000280. The van der Waals surface area contributed by atoms with E-state index >= 15 is 0 Å². The number of nitrogens with one attached hydrogen (secondary N) is 1. The molecular formula is C21H34ClN3O3. The van der Waals surface area contributed by atoms with Crippen molar-refractivity contribution in [3.8, 4) is 5.75 Å². The van der Waals surface area contributed by atoms with E-state index < -0.39 is 0 Å². The van der Waals surface area contributed by atoms with Crippen molar-refractivity contribution in [3.63, 3.8) is 0 Å². The Bertz CT molecular complexity index is 579. The monoisotopic (exact) mass is 411 g/mol. The molecule has 6 nitrogen and oxygen atoms in total. The summed E-state index contributed by atoms with van der Waals surface area (Å²) in [6.07, 6.45) is 6.45. The largest absolute Gasteiger partial charge is 0.491 e. The molecule has 1 aromatic carbocycles. The number of rotatable bonds is 9. The number of nitrogens with zero attached hydrogens (tertiary/aromatic N) is 1. The first-order valence-electron chi connectivity index (χ1n) is 10.3. The second kappa shape index (κ2) is 12.3. The van der Waals surface area contributed by atoms with Crippen molar-refractivity contribution in [2.45, 2.75) is 57.2 Å². The molecule has 2 heterocycles. The molecule has 7 heteroatoms. The summed E-state index contributed by atoms with van der Waals surface area (Å²) in [5.41, 5.74) is 6.73. The standard InChI is InChI=1S/C21H33N3O3.ClH/c22-11-10-21(25)23-14-18-4-1-2-12-24(18)15-17-6-8-19(9-7-17)27-16-20-5-3-13-26-20;/h6-9,18,20H,1-5,10-16,22H2,(H,23,25);1H. The minimum Gasteiger partial charge on any atom is -0.491 e. The molecule has 0 aromatic heterocycles. The molecule has 2 saturated heterocycles. The van der Waals surface area contributed by atoms with Crippen LogP contribution in [0.5, 0.6) is 5.75 Å². The third-order valence-corrected chi connectivity index (χ3v) is 5.42. The Morgan fingerprint density at radius 1 is 1.21 bits per heavy atom. The maximum atomic E-state index is 11.7. The second-order valence-corrected chi connectivity index (χ2v) is 7.55. The molecule has 2 unspecified atom stereocenters. The molecule has 3 rings (SSSR count). The minimum absolute atomic E-state index is 0. The van der Waals surface area contributed by atoms with Crippen molar-refractivity contribution < 1.29 is 14.3 Å². The first kappa shape index (κ1) is 22.9. The normalized spacial score (nSPS) is 22.5. The highest BCUT2D eigenvalue weighted by molar-refractivity contribution is 5.85. The quantitative estimate of drug-likeness (QED) is 0.652. The third kappa shape index (κ3) is 7.24. The topological polar surface area (TPSA) is 76.8 Å². The number of halogens is 1. The maximum Gasteiger partial charge on any atom is 0.221 e. The number of likely N-dealkylation sites (tertiary alicyclic amines) is 1. The van der Waals surface area contributed by atoms with E-state index in [1.807, 2.05) is 12.1 Å². The van der Waals surface area contributed by atoms with Gasteiger partial charge in [-0.15, -0.1) is 12.4 Å². The molecule has 0 bridgehead atoms. The zero-order valence-corrected chi connectivity index (χ0v) is 17.4. The number of benzene rings is 1. The highest BCUT2D eigenvalue weighted by Crippen LogP contribution is 2.21. The van der Waals surface area contributed by atoms with Gasteiger partial charge in [-0.05, 0) is 49.9 Å². The molecule has 28 heavy (non-hydrogen) atoms. The van der Waals surface area contributed by atoms with Crippen LogP contribution in [0.1, 0.15) is 44.1 Å². The zero-order chi connectivity index (χ0) is 18.9. The van der Waals surface area contributed by atoms with Gasteiger partial charge in [0.2, 0.25) is 5.91 Å². The van der Waals surface area contributed by atoms with Crippen molar-refractivity contribution in [1.29, 1.82) is 0 Å². The number of carbonyl (C=O) groups excluding carboxylic acids is 1. The summed E-state index contributed by atoms with van der Waals surface area (Å²) in [5, 5.41) is 3.03. The van der Waals surface area contributed by atoms with Gasteiger partial charge in [0.1, 0.15) is 12.4 Å². The van der Waals surface area contributed by atoms with Crippen LogP contribution in [0.2, 0.25) is 0 Å². The van der Waals surface area contributed by atoms with Crippen LogP contribution in [-0.4, -0.2) is 55.8 Å². The van der Waals surface area contributed by atoms with Crippen molar-refractivity contribution in [2.24, 2.45) is 5.73 Å². The fraction of sp³-hybridized carbons (Fsp3) is 0.667. The number of carbonyl (C=O) groups is 1. The lowest BCUT2D eigenvalue weighted by atomic mass is 10.0. The Morgan fingerprint density at radius 3 is 2.75 bits per heavy atom. The molecule has 2 aliphatic rings. The van der Waals surface area contributed by atoms with E-state index in [1.54, 1.807) is 0 Å². The zero-order valence-electron chi connectivity index (χ0n) is 16.6. The van der Waals surface area contributed by atoms with Gasteiger partial charge in [0.05, 0.1) is 6.10 Å². The lowest BCUT2D eigenvalue weighted by Crippen LogP contribution is -2.46. The summed E-state index contributed by atoms with van der Waals surface area (Å²) in [4.78, 5) is 14.2. The predicted molar refractivity (Wildman–Crippen MR) is 113 cm³/mol. The van der Waals surface area contributed by atoms with Gasteiger partial charge in [-0.1, -0.05) is 18.6 Å². The van der Waals surface area contributed by atoms with Crippen LogP contribution in [0.25, 0.3) is 0 Å². The van der Waals surface area contributed by atoms with Crippen LogP contribution in [0, 0.1) is 0 Å². The van der Waals surface area contributed by atoms with Gasteiger partial charge >= 0.3 is 0 Å². The highest BCUT2D eigenvalue weighted by atomic mass is 35.5. The summed E-state index contributed by atoms with van der Waals surface area (Å²) in [6.45, 7) is 4.59. The van der Waals surface area contributed by atoms with Gasteiger partial charge in [0.25, 0.3) is 0 Å². The van der Waals surface area contributed by atoms with E-state index in [1.165, 1.54) is 18.4 Å². The molecule has 0 radical (unpaired) electrons. The van der Waals surface area contributed by atoms with Crippen LogP contribution < -0.4 is 15.8 Å². The fourth-order valence-electron chi connectivity index (χ4n) is 3.84. The van der Waals surface area contributed by atoms with Crippen LogP contribution in [0.3, 0.4) is 0 Å². The fourth-order valence-corrected chi connectivity index (χ4v) is 3.84. The molecular weight excluding hydrogens is 378 g/mol. The van der Waals surface area contributed by atoms with Crippen molar-refractivity contribution in [1.82, 2.24) is 10.2 Å². The molecule has 0 aliphatic carbocycles. The number of ether oxygens (including phenoxy) is 2. The molecule has 158 valence electrons. The van der Waals surface area contributed by atoms with Gasteiger partial charge in [0.15, 0.2) is 0 Å². The van der Waals surface area contributed by atoms with Crippen molar-refractivity contribution in [3.05, 3.63) is 29.8 Å². The Kier molecular flexibility index (Phi) is 10.1. The summed E-state index contributed by atoms with van der Waals surface area (Å²) >= 11 is 0. The molecule has 0 spiro atoms. The molecule has 2 atom stereocenters.